The molecule has 2 saturated carbocycles. The standard InChI is InChI=1S/C15H26O2/c16-14-9-5-4-8-13(14)15(17)11-10-12-6-2-1-3-7-12/h12-14,16H,1-11H2. The highest BCUT2D eigenvalue weighted by molar-refractivity contribution is 5.81. The van der Waals surface area contributed by atoms with Crippen molar-refractivity contribution in [1.29, 1.82) is 0 Å². The Kier molecular flexibility index (Phi) is 5.02. The fourth-order valence-electron chi connectivity index (χ4n) is 3.49. The second kappa shape index (κ2) is 6.53. The number of aliphatic hydroxyl groups excluding tert-OH is 1. The molecule has 2 atom stereocenters. The van der Waals surface area contributed by atoms with Gasteiger partial charge in [0.25, 0.3) is 0 Å². The van der Waals surface area contributed by atoms with E-state index in [9.17, 15) is 9.90 Å². The van der Waals surface area contributed by atoms with Gasteiger partial charge in [-0.3, -0.25) is 4.79 Å². The van der Waals surface area contributed by atoms with Crippen molar-refractivity contribution in [1.82, 2.24) is 0 Å². The lowest BCUT2D eigenvalue weighted by Crippen LogP contribution is -2.31. The van der Waals surface area contributed by atoms with Crippen LogP contribution in [-0.2, 0) is 4.79 Å². The summed E-state index contributed by atoms with van der Waals surface area (Å²) >= 11 is 0. The molecule has 2 rings (SSSR count). The van der Waals surface area contributed by atoms with Crippen LogP contribution in [0.15, 0.2) is 0 Å². The smallest absolute Gasteiger partial charge is 0.138 e. The Hall–Kier alpha value is -0.370. The molecule has 0 aromatic rings. The number of carbonyl (C=O) groups is 1. The molecule has 0 aromatic carbocycles. The molecule has 0 aliphatic heterocycles. The topological polar surface area (TPSA) is 37.3 Å². The van der Waals surface area contributed by atoms with Crippen LogP contribution in [0.2, 0.25) is 0 Å². The van der Waals surface area contributed by atoms with Crippen molar-refractivity contribution in [2.45, 2.75) is 76.7 Å². The maximum atomic E-state index is 12.1. The van der Waals surface area contributed by atoms with Gasteiger partial charge in [0.1, 0.15) is 5.78 Å². The highest BCUT2D eigenvalue weighted by Gasteiger charge is 2.29. The van der Waals surface area contributed by atoms with E-state index < -0.39 is 0 Å². The lowest BCUT2D eigenvalue weighted by atomic mass is 9.80. The van der Waals surface area contributed by atoms with Gasteiger partial charge in [-0.25, -0.2) is 0 Å². The number of ketones is 1. The van der Waals surface area contributed by atoms with Crippen LogP contribution < -0.4 is 0 Å². The highest BCUT2D eigenvalue weighted by atomic mass is 16.3. The lowest BCUT2D eigenvalue weighted by Gasteiger charge is -2.27. The van der Waals surface area contributed by atoms with E-state index in [0.29, 0.717) is 12.2 Å². The van der Waals surface area contributed by atoms with Crippen LogP contribution in [0.4, 0.5) is 0 Å². The van der Waals surface area contributed by atoms with Gasteiger partial charge in [-0.1, -0.05) is 44.9 Å². The summed E-state index contributed by atoms with van der Waals surface area (Å²) in [6.45, 7) is 0. The molecular weight excluding hydrogens is 212 g/mol. The van der Waals surface area contributed by atoms with Crippen LogP contribution in [0, 0.1) is 11.8 Å². The van der Waals surface area contributed by atoms with Crippen molar-refractivity contribution < 1.29 is 9.90 Å². The first-order valence-electron chi connectivity index (χ1n) is 7.48. The summed E-state index contributed by atoms with van der Waals surface area (Å²) in [4.78, 5) is 12.1. The van der Waals surface area contributed by atoms with Crippen molar-refractivity contribution in [2.75, 3.05) is 0 Å². The molecule has 0 aromatic heterocycles. The minimum absolute atomic E-state index is 0.0349. The van der Waals surface area contributed by atoms with Gasteiger partial charge in [0.05, 0.1) is 6.10 Å². The largest absolute Gasteiger partial charge is 0.392 e. The van der Waals surface area contributed by atoms with Crippen LogP contribution >= 0.6 is 0 Å². The summed E-state index contributed by atoms with van der Waals surface area (Å²) in [5, 5.41) is 9.86. The molecule has 17 heavy (non-hydrogen) atoms. The number of carbonyl (C=O) groups excluding carboxylic acids is 1. The maximum absolute atomic E-state index is 12.1. The van der Waals surface area contributed by atoms with Crippen molar-refractivity contribution in [3.8, 4) is 0 Å². The van der Waals surface area contributed by atoms with E-state index in [1.54, 1.807) is 0 Å². The quantitative estimate of drug-likeness (QED) is 0.814. The normalized spacial score (nSPS) is 31.4. The third-order valence-electron chi connectivity index (χ3n) is 4.67. The van der Waals surface area contributed by atoms with E-state index in [1.807, 2.05) is 0 Å². The number of aliphatic hydroxyl groups is 1. The van der Waals surface area contributed by atoms with Gasteiger partial charge < -0.3 is 5.11 Å². The molecule has 0 bridgehead atoms. The summed E-state index contributed by atoms with van der Waals surface area (Å²) in [6, 6.07) is 0. The van der Waals surface area contributed by atoms with Crippen molar-refractivity contribution in [2.24, 2.45) is 11.8 Å². The summed E-state index contributed by atoms with van der Waals surface area (Å²) < 4.78 is 0. The summed E-state index contributed by atoms with van der Waals surface area (Å²) in [7, 11) is 0. The molecule has 0 spiro atoms. The second-order valence-corrected chi connectivity index (χ2v) is 5.97. The average molecular weight is 238 g/mol. The molecule has 2 aliphatic carbocycles. The Labute approximate surface area is 105 Å². The van der Waals surface area contributed by atoms with Gasteiger partial charge in [0.2, 0.25) is 0 Å². The van der Waals surface area contributed by atoms with Crippen molar-refractivity contribution in [3.63, 3.8) is 0 Å². The third-order valence-corrected chi connectivity index (χ3v) is 4.67. The first-order valence-corrected chi connectivity index (χ1v) is 7.48. The van der Waals surface area contributed by atoms with Gasteiger partial charge in [-0.2, -0.15) is 0 Å². The predicted molar refractivity (Wildman–Crippen MR) is 68.8 cm³/mol. The fourth-order valence-corrected chi connectivity index (χ4v) is 3.49. The van der Waals surface area contributed by atoms with Crippen molar-refractivity contribution in [3.05, 3.63) is 0 Å². The summed E-state index contributed by atoms with van der Waals surface area (Å²) in [6.07, 6.45) is 12.1. The highest BCUT2D eigenvalue weighted by Crippen LogP contribution is 2.30. The monoisotopic (exact) mass is 238 g/mol. The van der Waals surface area contributed by atoms with Gasteiger partial charge in [-0.05, 0) is 25.2 Å². The van der Waals surface area contributed by atoms with Crippen LogP contribution in [0.3, 0.4) is 0 Å². The molecule has 0 radical (unpaired) electrons. The number of hydrogen-bond acceptors (Lipinski definition) is 2. The maximum Gasteiger partial charge on any atom is 0.138 e. The fraction of sp³-hybridized carbons (Fsp3) is 0.933. The molecular formula is C15H26O2. The van der Waals surface area contributed by atoms with E-state index in [4.69, 9.17) is 0 Å². The number of Topliss-reactive ketones (excluding diaryl/α,β-unsaturated/α-hetero) is 1. The van der Waals surface area contributed by atoms with Gasteiger partial charge in [0.15, 0.2) is 0 Å². The minimum Gasteiger partial charge on any atom is -0.392 e. The zero-order chi connectivity index (χ0) is 12.1. The molecule has 0 saturated heterocycles. The predicted octanol–water partition coefficient (Wildman–Crippen LogP) is 3.47. The van der Waals surface area contributed by atoms with Crippen LogP contribution in [0.1, 0.15) is 70.6 Å². The molecule has 0 heterocycles. The molecule has 98 valence electrons. The molecule has 0 amide bonds. The number of rotatable bonds is 4. The molecule has 2 heteroatoms. The minimum atomic E-state index is -0.345. The zero-order valence-electron chi connectivity index (χ0n) is 10.9. The van der Waals surface area contributed by atoms with E-state index in [-0.39, 0.29) is 12.0 Å². The molecule has 2 fully saturated rings. The number of hydrogen-bond donors (Lipinski definition) is 1. The van der Waals surface area contributed by atoms with E-state index >= 15 is 0 Å². The van der Waals surface area contributed by atoms with Gasteiger partial charge in [-0.15, -0.1) is 0 Å². The molecule has 2 aliphatic rings. The van der Waals surface area contributed by atoms with E-state index in [0.717, 1.165) is 38.0 Å². The van der Waals surface area contributed by atoms with Crippen LogP contribution in [-0.4, -0.2) is 17.0 Å². The molecule has 1 N–H and O–H groups in total. The lowest BCUT2D eigenvalue weighted by molar-refractivity contribution is -0.128. The van der Waals surface area contributed by atoms with E-state index in [1.165, 1.54) is 32.1 Å². The average Bonchev–Trinajstić information content (AvgIpc) is 2.38. The second-order valence-electron chi connectivity index (χ2n) is 5.97. The van der Waals surface area contributed by atoms with Gasteiger partial charge >= 0.3 is 0 Å². The van der Waals surface area contributed by atoms with Gasteiger partial charge in [0, 0.05) is 12.3 Å². The van der Waals surface area contributed by atoms with Crippen LogP contribution in [0.5, 0.6) is 0 Å². The van der Waals surface area contributed by atoms with Crippen LogP contribution in [0.25, 0.3) is 0 Å². The Balaban J connectivity index is 1.72. The Bertz CT molecular complexity index is 243. The SMILES string of the molecule is O=C(CCC1CCCCC1)C1CCCCC1O. The zero-order valence-corrected chi connectivity index (χ0v) is 10.9. The van der Waals surface area contributed by atoms with E-state index in [2.05, 4.69) is 0 Å². The molecule has 2 unspecified atom stereocenters. The third kappa shape index (κ3) is 3.80. The first-order chi connectivity index (χ1) is 8.27. The molecule has 2 nitrogen and oxygen atoms in total. The summed E-state index contributed by atoms with van der Waals surface area (Å²) in [5.41, 5.74) is 0. The Morgan fingerprint density at radius 3 is 2.29 bits per heavy atom. The Morgan fingerprint density at radius 2 is 1.59 bits per heavy atom. The first kappa shape index (κ1) is 13.1. The Morgan fingerprint density at radius 1 is 0.941 bits per heavy atom. The van der Waals surface area contributed by atoms with Crippen molar-refractivity contribution >= 4 is 5.78 Å². The summed E-state index contributed by atoms with van der Waals surface area (Å²) in [5.74, 6) is 1.09.